The van der Waals surface area contributed by atoms with Gasteiger partial charge in [-0.2, -0.15) is 0 Å². The molecule has 2 heteroatoms. The first-order valence-corrected chi connectivity index (χ1v) is 20.0. The van der Waals surface area contributed by atoms with E-state index in [4.69, 9.17) is 0 Å². The average molecular weight is 730 g/mol. The molecule has 0 aliphatic carbocycles. The van der Waals surface area contributed by atoms with Crippen molar-refractivity contribution in [2.75, 3.05) is 4.90 Å². The lowest BCUT2D eigenvalue weighted by atomic mass is 9.97. The topological polar surface area (TPSA) is 3.24 Å². The van der Waals surface area contributed by atoms with Crippen molar-refractivity contribution < 1.29 is 0 Å². The summed E-state index contributed by atoms with van der Waals surface area (Å²) in [6.45, 7) is 0. The standard InChI is InChI=1S/C54H35NS/c1-2-11-40-33-43(21-19-36(40)9-1)41-12-7-13-47(35-41)55(46-30-25-39(26-31-46)50-16-8-17-52-51-15-5-6-18-53(51)56-54(50)52)45-28-23-37(24-29-45)42-27-32-49-44(34-42)22-20-38-10-3-4-14-48(38)49/h1-35H. The molecule has 1 heterocycles. The lowest BCUT2D eigenvalue weighted by Crippen LogP contribution is -2.10. The van der Waals surface area contributed by atoms with Crippen LogP contribution in [-0.2, 0) is 0 Å². The van der Waals surface area contributed by atoms with Gasteiger partial charge in [0, 0.05) is 37.2 Å². The molecule has 1 aromatic heterocycles. The molecule has 1 nitrogen and oxygen atoms in total. The highest BCUT2D eigenvalue weighted by Crippen LogP contribution is 2.42. The van der Waals surface area contributed by atoms with E-state index < -0.39 is 0 Å². The molecule has 0 aliphatic rings. The van der Waals surface area contributed by atoms with E-state index in [1.54, 1.807) is 0 Å². The lowest BCUT2D eigenvalue weighted by Gasteiger charge is -2.26. The molecule has 0 spiro atoms. The van der Waals surface area contributed by atoms with Gasteiger partial charge in [0.1, 0.15) is 0 Å². The van der Waals surface area contributed by atoms with Gasteiger partial charge in [-0.1, -0.05) is 158 Å². The summed E-state index contributed by atoms with van der Waals surface area (Å²) in [5, 5.41) is 10.2. The number of nitrogens with zero attached hydrogens (tertiary/aromatic N) is 1. The number of fused-ring (bicyclic) bond motifs is 7. The Hall–Kier alpha value is -7.00. The van der Waals surface area contributed by atoms with Crippen LogP contribution < -0.4 is 4.90 Å². The maximum atomic E-state index is 2.38. The van der Waals surface area contributed by atoms with E-state index in [-0.39, 0.29) is 0 Å². The predicted molar refractivity (Wildman–Crippen MR) is 243 cm³/mol. The summed E-state index contributed by atoms with van der Waals surface area (Å²) < 4.78 is 2.66. The minimum atomic E-state index is 1.11. The molecule has 56 heavy (non-hydrogen) atoms. The molecule has 0 saturated heterocycles. The number of hydrogen-bond acceptors (Lipinski definition) is 2. The first-order valence-electron chi connectivity index (χ1n) is 19.2. The zero-order valence-electron chi connectivity index (χ0n) is 30.6. The number of anilines is 3. The highest BCUT2D eigenvalue weighted by atomic mass is 32.1. The molecule has 0 fully saturated rings. The first-order chi connectivity index (χ1) is 27.7. The van der Waals surface area contributed by atoms with Gasteiger partial charge in [-0.3, -0.25) is 0 Å². The Kier molecular flexibility index (Phi) is 7.75. The molecule has 0 radical (unpaired) electrons. The van der Waals surface area contributed by atoms with Crippen LogP contribution in [0, 0.1) is 0 Å². The third-order valence-electron chi connectivity index (χ3n) is 11.2. The van der Waals surface area contributed by atoms with Crippen LogP contribution in [0.15, 0.2) is 212 Å². The highest BCUT2D eigenvalue weighted by molar-refractivity contribution is 7.26. The molecule has 0 amide bonds. The molecule has 10 aromatic carbocycles. The van der Waals surface area contributed by atoms with Crippen molar-refractivity contribution >= 4 is 80.9 Å². The quantitative estimate of drug-likeness (QED) is 0.154. The van der Waals surface area contributed by atoms with Crippen LogP contribution in [0.25, 0.3) is 85.9 Å². The van der Waals surface area contributed by atoms with Crippen LogP contribution >= 0.6 is 11.3 Å². The fourth-order valence-corrected chi connectivity index (χ4v) is 9.64. The largest absolute Gasteiger partial charge is 0.310 e. The van der Waals surface area contributed by atoms with E-state index in [0.717, 1.165) is 17.1 Å². The zero-order valence-corrected chi connectivity index (χ0v) is 31.4. The molecule has 11 aromatic rings. The summed E-state index contributed by atoms with van der Waals surface area (Å²) in [7, 11) is 0. The van der Waals surface area contributed by atoms with Crippen LogP contribution in [-0.4, -0.2) is 0 Å². The Bertz CT molecular complexity index is 3250. The van der Waals surface area contributed by atoms with Gasteiger partial charge in [0.05, 0.1) is 0 Å². The fourth-order valence-electron chi connectivity index (χ4n) is 8.40. The molecule has 0 saturated carbocycles. The van der Waals surface area contributed by atoms with Gasteiger partial charge in [0.25, 0.3) is 0 Å². The Morgan fingerprint density at radius 1 is 0.286 bits per heavy atom. The molecule has 0 N–H and O–H groups in total. The van der Waals surface area contributed by atoms with Crippen LogP contribution in [0.5, 0.6) is 0 Å². The number of thiophene rings is 1. The third-order valence-corrected chi connectivity index (χ3v) is 12.5. The number of benzene rings is 10. The van der Waals surface area contributed by atoms with E-state index in [0.29, 0.717) is 0 Å². The van der Waals surface area contributed by atoms with Crippen molar-refractivity contribution in [3.8, 4) is 33.4 Å². The molecule has 0 unspecified atom stereocenters. The first kappa shape index (κ1) is 32.4. The third kappa shape index (κ3) is 5.62. The van der Waals surface area contributed by atoms with Gasteiger partial charge in [-0.05, 0) is 120 Å². The van der Waals surface area contributed by atoms with Crippen LogP contribution in [0.3, 0.4) is 0 Å². The SMILES string of the molecule is c1cc(-c2ccc3ccccc3c2)cc(N(c2ccc(-c3ccc4c(ccc5ccccc54)c3)cc2)c2ccc(-c3cccc4c3sc3ccccc34)cc2)c1. The summed E-state index contributed by atoms with van der Waals surface area (Å²) in [4.78, 5) is 2.38. The molecule has 11 rings (SSSR count). The van der Waals surface area contributed by atoms with Crippen molar-refractivity contribution in [3.63, 3.8) is 0 Å². The summed E-state index contributed by atoms with van der Waals surface area (Å²) in [5.74, 6) is 0. The van der Waals surface area contributed by atoms with Crippen LogP contribution in [0.1, 0.15) is 0 Å². The van der Waals surface area contributed by atoms with Crippen molar-refractivity contribution in [2.24, 2.45) is 0 Å². The Morgan fingerprint density at radius 2 is 0.839 bits per heavy atom. The molecule has 0 aliphatic heterocycles. The minimum Gasteiger partial charge on any atom is -0.310 e. The van der Waals surface area contributed by atoms with Crippen molar-refractivity contribution in [3.05, 3.63) is 212 Å². The molecule has 262 valence electrons. The number of rotatable bonds is 6. The average Bonchev–Trinajstić information content (AvgIpc) is 3.66. The van der Waals surface area contributed by atoms with Crippen molar-refractivity contribution in [1.82, 2.24) is 0 Å². The molecule has 0 bridgehead atoms. The number of hydrogen-bond donors (Lipinski definition) is 0. The maximum absolute atomic E-state index is 2.38. The second kappa shape index (κ2) is 13.4. The predicted octanol–water partition coefficient (Wildman–Crippen LogP) is 16.0. The highest BCUT2D eigenvalue weighted by Gasteiger charge is 2.16. The summed E-state index contributed by atoms with van der Waals surface area (Å²) in [5.41, 5.74) is 10.6. The van der Waals surface area contributed by atoms with Gasteiger partial charge in [-0.15, -0.1) is 11.3 Å². The van der Waals surface area contributed by atoms with Crippen molar-refractivity contribution in [1.29, 1.82) is 0 Å². The summed E-state index contributed by atoms with van der Waals surface area (Å²) >= 11 is 1.88. The fraction of sp³-hybridized carbons (Fsp3) is 0. The second-order valence-electron chi connectivity index (χ2n) is 14.5. The molecular formula is C54H35NS. The minimum absolute atomic E-state index is 1.11. The normalized spacial score (nSPS) is 11.6. The van der Waals surface area contributed by atoms with E-state index >= 15 is 0 Å². The van der Waals surface area contributed by atoms with E-state index in [1.807, 2.05) is 11.3 Å². The molecular weight excluding hydrogens is 695 g/mol. The van der Waals surface area contributed by atoms with Crippen LogP contribution in [0.4, 0.5) is 17.1 Å². The van der Waals surface area contributed by atoms with Gasteiger partial charge in [0.15, 0.2) is 0 Å². The van der Waals surface area contributed by atoms with Crippen molar-refractivity contribution in [2.45, 2.75) is 0 Å². The van der Waals surface area contributed by atoms with E-state index in [9.17, 15) is 0 Å². The Morgan fingerprint density at radius 3 is 1.68 bits per heavy atom. The zero-order chi connectivity index (χ0) is 37.0. The van der Waals surface area contributed by atoms with E-state index in [1.165, 1.54) is 85.9 Å². The van der Waals surface area contributed by atoms with Gasteiger partial charge >= 0.3 is 0 Å². The summed E-state index contributed by atoms with van der Waals surface area (Å²) in [6, 6.07) is 77.7. The summed E-state index contributed by atoms with van der Waals surface area (Å²) in [6.07, 6.45) is 0. The van der Waals surface area contributed by atoms with Gasteiger partial charge < -0.3 is 4.90 Å². The monoisotopic (exact) mass is 729 g/mol. The Balaban J connectivity index is 1.000. The van der Waals surface area contributed by atoms with Gasteiger partial charge in [-0.25, -0.2) is 0 Å². The lowest BCUT2D eigenvalue weighted by molar-refractivity contribution is 1.28. The second-order valence-corrected chi connectivity index (χ2v) is 15.6. The maximum Gasteiger partial charge on any atom is 0.0467 e. The van der Waals surface area contributed by atoms with Gasteiger partial charge in [0.2, 0.25) is 0 Å². The van der Waals surface area contributed by atoms with Crippen LogP contribution in [0.2, 0.25) is 0 Å². The molecule has 0 atom stereocenters. The Labute approximate surface area is 330 Å². The van der Waals surface area contributed by atoms with E-state index in [2.05, 4.69) is 217 Å². The smallest absolute Gasteiger partial charge is 0.0467 e.